The van der Waals surface area contributed by atoms with Crippen LogP contribution in [0.2, 0.25) is 0 Å². The molecule has 0 aliphatic heterocycles. The average molecular weight is 192 g/mol. The van der Waals surface area contributed by atoms with Crippen molar-refractivity contribution < 1.29 is 9.59 Å². The molecule has 0 aliphatic rings. The molecule has 1 aromatic carbocycles. The Morgan fingerprint density at radius 1 is 1.23 bits per heavy atom. The van der Waals surface area contributed by atoms with Crippen LogP contribution in [0.3, 0.4) is 0 Å². The summed E-state index contributed by atoms with van der Waals surface area (Å²) in [5.74, 6) is 0. The minimum Gasteiger partial charge on any atom is -0.298 e. The quantitative estimate of drug-likeness (QED) is 0.673. The number of hydrogen-bond donors (Lipinski definition) is 0. The Morgan fingerprint density at radius 3 is 2.77 bits per heavy atom. The van der Waals surface area contributed by atoms with Gasteiger partial charge in [-0.25, -0.2) is 0 Å². The molecule has 0 atom stereocenters. The lowest BCUT2D eigenvalue weighted by molar-refractivity contribution is 0.112. The molecular formula is C8H4N2O2S. The second kappa shape index (κ2) is 3.02. The first kappa shape index (κ1) is 8.00. The molecule has 1 aromatic heterocycles. The lowest BCUT2D eigenvalue weighted by Gasteiger charge is -1.93. The first-order chi connectivity index (χ1) is 6.35. The lowest BCUT2D eigenvalue weighted by atomic mass is 10.1. The van der Waals surface area contributed by atoms with Gasteiger partial charge in [0.05, 0.1) is 4.70 Å². The van der Waals surface area contributed by atoms with Crippen molar-refractivity contribution in [2.45, 2.75) is 0 Å². The third-order valence-electron chi connectivity index (χ3n) is 1.67. The van der Waals surface area contributed by atoms with Gasteiger partial charge in [0.2, 0.25) is 0 Å². The van der Waals surface area contributed by atoms with E-state index in [1.807, 2.05) is 0 Å². The second-order valence-corrected chi connectivity index (χ2v) is 3.25. The molecule has 0 saturated carbocycles. The Kier molecular flexibility index (Phi) is 1.86. The van der Waals surface area contributed by atoms with Crippen LogP contribution in [0.15, 0.2) is 12.1 Å². The standard InChI is InChI=1S/C8H4N2O2S/c11-3-5-1-6(4-12)8-7(2-5)13-10-9-8/h1-4H. The molecule has 0 radical (unpaired) electrons. The zero-order valence-electron chi connectivity index (χ0n) is 6.43. The van der Waals surface area contributed by atoms with Gasteiger partial charge in [-0.15, -0.1) is 5.10 Å². The van der Waals surface area contributed by atoms with Gasteiger partial charge in [-0.05, 0) is 23.7 Å². The molecule has 0 fully saturated rings. The number of nitrogens with zero attached hydrogens (tertiary/aromatic N) is 2. The van der Waals surface area contributed by atoms with Crippen molar-refractivity contribution in [2.75, 3.05) is 0 Å². The smallest absolute Gasteiger partial charge is 0.152 e. The van der Waals surface area contributed by atoms with E-state index in [4.69, 9.17) is 0 Å². The van der Waals surface area contributed by atoms with Crippen LogP contribution in [-0.2, 0) is 0 Å². The summed E-state index contributed by atoms with van der Waals surface area (Å²) in [5, 5.41) is 3.79. The number of hydrogen-bond acceptors (Lipinski definition) is 5. The second-order valence-electron chi connectivity index (χ2n) is 2.47. The van der Waals surface area contributed by atoms with Crippen molar-refractivity contribution >= 4 is 34.3 Å². The maximum Gasteiger partial charge on any atom is 0.152 e. The summed E-state index contributed by atoms with van der Waals surface area (Å²) in [4.78, 5) is 21.1. The van der Waals surface area contributed by atoms with Gasteiger partial charge in [-0.3, -0.25) is 9.59 Å². The largest absolute Gasteiger partial charge is 0.298 e. The summed E-state index contributed by atoms with van der Waals surface area (Å²) in [6.07, 6.45) is 1.38. The molecule has 64 valence electrons. The Morgan fingerprint density at radius 2 is 2.08 bits per heavy atom. The topological polar surface area (TPSA) is 59.9 Å². The maximum atomic E-state index is 10.6. The average Bonchev–Trinajstić information content (AvgIpc) is 2.63. The number of carbonyl (C=O) groups is 2. The third kappa shape index (κ3) is 1.23. The van der Waals surface area contributed by atoms with Crippen molar-refractivity contribution in [3.05, 3.63) is 23.3 Å². The number of aromatic nitrogens is 2. The number of fused-ring (bicyclic) bond motifs is 1. The van der Waals surface area contributed by atoms with Gasteiger partial charge >= 0.3 is 0 Å². The van der Waals surface area contributed by atoms with Crippen LogP contribution < -0.4 is 0 Å². The molecule has 0 amide bonds. The molecule has 0 unspecified atom stereocenters. The number of benzene rings is 1. The highest BCUT2D eigenvalue weighted by Gasteiger charge is 2.06. The summed E-state index contributed by atoms with van der Waals surface area (Å²) in [6, 6.07) is 3.17. The van der Waals surface area contributed by atoms with Crippen LogP contribution in [-0.4, -0.2) is 22.2 Å². The molecule has 2 rings (SSSR count). The molecule has 0 bridgehead atoms. The van der Waals surface area contributed by atoms with Crippen LogP contribution >= 0.6 is 11.5 Å². The monoisotopic (exact) mass is 192 g/mol. The van der Waals surface area contributed by atoms with E-state index in [0.29, 0.717) is 29.2 Å². The van der Waals surface area contributed by atoms with Crippen LogP contribution in [0.1, 0.15) is 20.7 Å². The van der Waals surface area contributed by atoms with E-state index in [1.54, 1.807) is 6.07 Å². The van der Waals surface area contributed by atoms with Crippen molar-refractivity contribution in [1.29, 1.82) is 0 Å². The van der Waals surface area contributed by atoms with Gasteiger partial charge < -0.3 is 0 Å². The normalized spacial score (nSPS) is 10.2. The SMILES string of the molecule is O=Cc1cc(C=O)c2nnsc2c1. The first-order valence-corrected chi connectivity index (χ1v) is 4.29. The molecule has 0 N–H and O–H groups in total. The zero-order chi connectivity index (χ0) is 9.26. The number of carbonyl (C=O) groups excluding carboxylic acids is 2. The highest BCUT2D eigenvalue weighted by atomic mass is 32.1. The van der Waals surface area contributed by atoms with E-state index < -0.39 is 0 Å². The molecule has 2 aromatic rings. The fraction of sp³-hybridized carbons (Fsp3) is 0. The van der Waals surface area contributed by atoms with Crippen LogP contribution in [0.4, 0.5) is 0 Å². The van der Waals surface area contributed by atoms with Crippen molar-refractivity contribution in [3.63, 3.8) is 0 Å². The van der Waals surface area contributed by atoms with Crippen molar-refractivity contribution in [3.8, 4) is 0 Å². The van der Waals surface area contributed by atoms with Gasteiger partial charge in [0.1, 0.15) is 11.8 Å². The zero-order valence-corrected chi connectivity index (χ0v) is 7.25. The summed E-state index contributed by atoms with van der Waals surface area (Å²) >= 11 is 1.17. The van der Waals surface area contributed by atoms with Gasteiger partial charge in [0, 0.05) is 11.1 Å². The van der Waals surface area contributed by atoms with Crippen LogP contribution in [0, 0.1) is 0 Å². The fourth-order valence-electron chi connectivity index (χ4n) is 1.09. The molecule has 13 heavy (non-hydrogen) atoms. The van der Waals surface area contributed by atoms with Gasteiger partial charge in [0.15, 0.2) is 6.29 Å². The fourth-order valence-corrected chi connectivity index (χ4v) is 1.74. The number of aldehydes is 2. The lowest BCUT2D eigenvalue weighted by Crippen LogP contribution is -1.87. The van der Waals surface area contributed by atoms with Crippen LogP contribution in [0.25, 0.3) is 10.2 Å². The highest BCUT2D eigenvalue weighted by Crippen LogP contribution is 2.19. The molecule has 0 aliphatic carbocycles. The van der Waals surface area contributed by atoms with E-state index >= 15 is 0 Å². The molecule has 0 saturated heterocycles. The van der Waals surface area contributed by atoms with Crippen molar-refractivity contribution in [2.24, 2.45) is 0 Å². The minimum absolute atomic E-state index is 0.411. The molecule has 5 heteroatoms. The molecule has 4 nitrogen and oxygen atoms in total. The van der Waals surface area contributed by atoms with Crippen LogP contribution in [0.5, 0.6) is 0 Å². The summed E-state index contributed by atoms with van der Waals surface area (Å²) in [5.41, 5.74) is 1.44. The summed E-state index contributed by atoms with van der Waals surface area (Å²) in [6.45, 7) is 0. The van der Waals surface area contributed by atoms with E-state index in [0.717, 1.165) is 4.70 Å². The first-order valence-electron chi connectivity index (χ1n) is 3.51. The minimum atomic E-state index is 0.411. The van der Waals surface area contributed by atoms with E-state index in [2.05, 4.69) is 9.59 Å². The Bertz CT molecular complexity index is 478. The summed E-state index contributed by atoms with van der Waals surface area (Å²) in [7, 11) is 0. The van der Waals surface area contributed by atoms with E-state index in [-0.39, 0.29) is 0 Å². The highest BCUT2D eigenvalue weighted by molar-refractivity contribution is 7.13. The maximum absolute atomic E-state index is 10.6. The molecule has 1 heterocycles. The Balaban J connectivity index is 2.84. The van der Waals surface area contributed by atoms with E-state index in [1.165, 1.54) is 17.6 Å². The third-order valence-corrected chi connectivity index (χ3v) is 2.34. The van der Waals surface area contributed by atoms with E-state index in [9.17, 15) is 9.59 Å². The van der Waals surface area contributed by atoms with Gasteiger partial charge in [-0.2, -0.15) is 0 Å². The molecule has 0 spiro atoms. The predicted octanol–water partition coefficient (Wildman–Crippen LogP) is 1.32. The number of rotatable bonds is 2. The van der Waals surface area contributed by atoms with Gasteiger partial charge in [-0.1, -0.05) is 4.49 Å². The summed E-state index contributed by atoms with van der Waals surface area (Å²) < 4.78 is 4.46. The van der Waals surface area contributed by atoms with Gasteiger partial charge in [0.25, 0.3) is 0 Å². The Hall–Kier alpha value is -1.62. The molecular weight excluding hydrogens is 188 g/mol. The van der Waals surface area contributed by atoms with Crippen molar-refractivity contribution in [1.82, 2.24) is 9.59 Å². The Labute approximate surface area is 77.4 Å². The predicted molar refractivity (Wildman–Crippen MR) is 48.2 cm³/mol.